The Bertz CT molecular complexity index is 860. The average molecular weight is 449 g/mol. The van der Waals surface area contributed by atoms with Crippen molar-refractivity contribution in [3.05, 3.63) is 70.5 Å². The van der Waals surface area contributed by atoms with Crippen molar-refractivity contribution in [2.24, 2.45) is 11.7 Å². The second-order valence-electron chi connectivity index (χ2n) is 7.81. The van der Waals surface area contributed by atoms with Crippen molar-refractivity contribution in [1.29, 1.82) is 0 Å². The number of alkyl halides is 6. The monoisotopic (exact) mass is 449 g/mol. The zero-order chi connectivity index (χ0) is 23.0. The smallest absolute Gasteiger partial charge is 0.370 e. The molecule has 1 saturated carbocycles. The fourth-order valence-electron chi connectivity index (χ4n) is 4.18. The van der Waals surface area contributed by atoms with Gasteiger partial charge in [0.25, 0.3) is 0 Å². The highest BCUT2D eigenvalue weighted by Crippen LogP contribution is 2.44. The molecule has 0 radical (unpaired) electrons. The van der Waals surface area contributed by atoms with E-state index in [-0.39, 0.29) is 23.5 Å². The van der Waals surface area contributed by atoms with Gasteiger partial charge in [-0.1, -0.05) is 12.1 Å². The summed E-state index contributed by atoms with van der Waals surface area (Å²) >= 11 is 0. The van der Waals surface area contributed by atoms with E-state index < -0.39 is 41.5 Å². The van der Waals surface area contributed by atoms with Crippen molar-refractivity contribution in [2.45, 2.75) is 50.2 Å². The number of hydrogen-bond donors (Lipinski definition) is 1. The van der Waals surface area contributed by atoms with Crippen LogP contribution in [-0.4, -0.2) is 12.6 Å². The highest BCUT2D eigenvalue weighted by Gasteiger charge is 2.40. The summed E-state index contributed by atoms with van der Waals surface area (Å²) < 4.78 is 98.3. The van der Waals surface area contributed by atoms with Crippen LogP contribution in [0.2, 0.25) is 0 Å². The molecular weight excluding hydrogens is 427 g/mol. The van der Waals surface area contributed by atoms with Gasteiger partial charge in [-0.3, -0.25) is 0 Å². The number of ether oxygens (including phenoxy) is 1. The fraction of sp³-hybridized carbons (Fsp3) is 0.455. The first kappa shape index (κ1) is 23.5. The summed E-state index contributed by atoms with van der Waals surface area (Å²) in [5, 5.41) is 0. The molecule has 2 nitrogen and oxygen atoms in total. The Morgan fingerprint density at radius 3 is 1.97 bits per heavy atom. The largest absolute Gasteiger partial charge is 0.416 e. The molecule has 170 valence electrons. The number of nitrogens with two attached hydrogens (primary N) is 1. The van der Waals surface area contributed by atoms with Crippen LogP contribution in [0.25, 0.3) is 0 Å². The van der Waals surface area contributed by atoms with E-state index in [1.54, 1.807) is 12.1 Å². The molecule has 2 N–H and O–H groups in total. The van der Waals surface area contributed by atoms with Crippen molar-refractivity contribution < 1.29 is 35.5 Å². The van der Waals surface area contributed by atoms with Gasteiger partial charge < -0.3 is 10.5 Å². The van der Waals surface area contributed by atoms with Crippen LogP contribution in [0.4, 0.5) is 30.7 Å². The topological polar surface area (TPSA) is 35.2 Å². The van der Waals surface area contributed by atoms with E-state index in [9.17, 15) is 30.7 Å². The Morgan fingerprint density at radius 2 is 1.48 bits per heavy atom. The molecule has 0 aliphatic heterocycles. The molecular formula is C22H22F7NO. The van der Waals surface area contributed by atoms with E-state index in [0.29, 0.717) is 31.5 Å². The van der Waals surface area contributed by atoms with E-state index >= 15 is 0 Å². The molecule has 3 unspecified atom stereocenters. The van der Waals surface area contributed by atoms with Gasteiger partial charge in [0.15, 0.2) is 0 Å². The molecule has 1 aliphatic rings. The normalized spacial score (nSPS) is 23.2. The van der Waals surface area contributed by atoms with Gasteiger partial charge in [-0.05, 0) is 73.7 Å². The Balaban J connectivity index is 1.90. The molecule has 9 heteroatoms. The maximum absolute atomic E-state index is 13.3. The molecule has 1 aliphatic carbocycles. The number of rotatable bonds is 5. The standard InChI is InChI=1S/C22H22F7NO/c1-12(15-8-16(21(24,25)26)10-17(9-15)22(27,28)29)31-19-7-4-14(11-30)20(19)13-2-5-18(23)6-3-13/h2-3,5-6,8-10,12,14,19-20H,4,7,11,30H2,1H3/t12-,14?,19?,20?/m1/s1. The molecule has 0 spiro atoms. The summed E-state index contributed by atoms with van der Waals surface area (Å²) in [6, 6.07) is 7.25. The molecule has 2 aromatic rings. The second kappa shape index (κ2) is 8.78. The summed E-state index contributed by atoms with van der Waals surface area (Å²) in [4.78, 5) is 0. The first-order valence-corrected chi connectivity index (χ1v) is 9.80. The molecule has 0 heterocycles. The minimum Gasteiger partial charge on any atom is -0.370 e. The van der Waals surface area contributed by atoms with Crippen LogP contribution < -0.4 is 5.73 Å². The lowest BCUT2D eigenvalue weighted by Gasteiger charge is -2.28. The summed E-state index contributed by atoms with van der Waals surface area (Å²) in [6.07, 6.45) is -10.1. The minimum absolute atomic E-state index is 0.00917. The fourth-order valence-corrected chi connectivity index (χ4v) is 4.18. The van der Waals surface area contributed by atoms with Crippen molar-refractivity contribution in [2.75, 3.05) is 6.54 Å². The van der Waals surface area contributed by atoms with Gasteiger partial charge in [0.2, 0.25) is 0 Å². The van der Waals surface area contributed by atoms with Gasteiger partial charge >= 0.3 is 12.4 Å². The summed E-state index contributed by atoms with van der Waals surface area (Å²) in [6.45, 7) is 1.76. The van der Waals surface area contributed by atoms with Crippen LogP contribution in [0, 0.1) is 11.7 Å². The molecule has 4 atom stereocenters. The zero-order valence-electron chi connectivity index (χ0n) is 16.6. The van der Waals surface area contributed by atoms with E-state index in [1.807, 2.05) is 0 Å². The maximum Gasteiger partial charge on any atom is 0.416 e. The van der Waals surface area contributed by atoms with Gasteiger partial charge in [0.1, 0.15) is 5.82 Å². The van der Waals surface area contributed by atoms with E-state index in [4.69, 9.17) is 10.5 Å². The Labute approximate surface area is 175 Å². The Morgan fingerprint density at radius 1 is 0.935 bits per heavy atom. The molecule has 0 bridgehead atoms. The molecule has 2 aromatic carbocycles. The highest BCUT2D eigenvalue weighted by molar-refractivity contribution is 5.35. The molecule has 1 fully saturated rings. The quantitative estimate of drug-likeness (QED) is 0.532. The van der Waals surface area contributed by atoms with Crippen molar-refractivity contribution in [3.8, 4) is 0 Å². The number of hydrogen-bond acceptors (Lipinski definition) is 2. The van der Waals surface area contributed by atoms with Crippen LogP contribution in [0.15, 0.2) is 42.5 Å². The predicted octanol–water partition coefficient (Wildman–Crippen LogP) is 6.46. The predicted molar refractivity (Wildman–Crippen MR) is 101 cm³/mol. The molecule has 3 rings (SSSR count). The average Bonchev–Trinajstić information content (AvgIpc) is 3.09. The third-order valence-corrected chi connectivity index (χ3v) is 5.75. The lowest BCUT2D eigenvalue weighted by Crippen LogP contribution is -2.26. The molecule has 0 amide bonds. The Hall–Kier alpha value is -2.13. The summed E-state index contributed by atoms with van der Waals surface area (Å²) in [7, 11) is 0. The third-order valence-electron chi connectivity index (χ3n) is 5.75. The lowest BCUT2D eigenvalue weighted by molar-refractivity contribution is -0.143. The van der Waals surface area contributed by atoms with Crippen molar-refractivity contribution in [3.63, 3.8) is 0 Å². The number of halogens is 7. The molecule has 0 saturated heterocycles. The van der Waals surface area contributed by atoms with Gasteiger partial charge in [-0.25, -0.2) is 4.39 Å². The van der Waals surface area contributed by atoms with Gasteiger partial charge in [0, 0.05) is 5.92 Å². The Kier molecular flexibility index (Phi) is 6.67. The first-order valence-electron chi connectivity index (χ1n) is 9.80. The molecule has 31 heavy (non-hydrogen) atoms. The second-order valence-corrected chi connectivity index (χ2v) is 7.81. The van der Waals surface area contributed by atoms with Crippen LogP contribution in [-0.2, 0) is 17.1 Å². The van der Waals surface area contributed by atoms with E-state index in [2.05, 4.69) is 0 Å². The van der Waals surface area contributed by atoms with Gasteiger partial charge in [0.05, 0.1) is 23.3 Å². The van der Waals surface area contributed by atoms with Crippen molar-refractivity contribution in [1.82, 2.24) is 0 Å². The van der Waals surface area contributed by atoms with Crippen LogP contribution in [0.3, 0.4) is 0 Å². The van der Waals surface area contributed by atoms with Gasteiger partial charge in [-0.15, -0.1) is 0 Å². The lowest BCUT2D eigenvalue weighted by atomic mass is 9.87. The van der Waals surface area contributed by atoms with Gasteiger partial charge in [-0.2, -0.15) is 26.3 Å². The first-order chi connectivity index (χ1) is 14.4. The summed E-state index contributed by atoms with van der Waals surface area (Å²) in [5.41, 5.74) is 3.65. The number of benzene rings is 2. The maximum atomic E-state index is 13.3. The molecule has 0 aromatic heterocycles. The minimum atomic E-state index is -4.93. The van der Waals surface area contributed by atoms with Crippen LogP contribution in [0.5, 0.6) is 0 Å². The van der Waals surface area contributed by atoms with Crippen LogP contribution in [0.1, 0.15) is 54.0 Å². The van der Waals surface area contributed by atoms with E-state index in [0.717, 1.165) is 5.56 Å². The summed E-state index contributed by atoms with van der Waals surface area (Å²) in [5.74, 6) is -0.642. The zero-order valence-corrected chi connectivity index (χ0v) is 16.6. The van der Waals surface area contributed by atoms with Crippen LogP contribution >= 0.6 is 0 Å². The van der Waals surface area contributed by atoms with Crippen molar-refractivity contribution >= 4 is 0 Å². The highest BCUT2D eigenvalue weighted by atomic mass is 19.4. The third kappa shape index (κ3) is 5.38. The van der Waals surface area contributed by atoms with E-state index in [1.165, 1.54) is 19.1 Å². The SMILES string of the molecule is C[C@@H](OC1CCC(CN)C1c1ccc(F)cc1)c1cc(C(F)(F)F)cc(C(F)(F)F)c1.